The van der Waals surface area contributed by atoms with Crippen LogP contribution in [0.25, 0.3) is 0 Å². The third kappa shape index (κ3) is 7.05. The molecule has 0 spiro atoms. The second-order valence-electron chi connectivity index (χ2n) is 5.80. The first-order chi connectivity index (χ1) is 12.5. The summed E-state index contributed by atoms with van der Waals surface area (Å²) in [4.78, 5) is 17.0. The molecule has 7 nitrogen and oxygen atoms in total. The summed E-state index contributed by atoms with van der Waals surface area (Å²) in [6, 6.07) is 14.4. The first kappa shape index (κ1) is 22.7. The monoisotopic (exact) mass is 484 g/mol. The third-order valence-corrected chi connectivity index (χ3v) is 3.83. The van der Waals surface area contributed by atoms with E-state index in [1.807, 2.05) is 43.1 Å². The maximum absolute atomic E-state index is 10.7. The van der Waals surface area contributed by atoms with Crippen molar-refractivity contribution < 1.29 is 9.66 Å². The van der Waals surface area contributed by atoms with Crippen LogP contribution in [0.4, 0.5) is 5.69 Å². The predicted molar refractivity (Wildman–Crippen MR) is 118 cm³/mol. The Hall–Kier alpha value is -2.36. The molecule has 0 aliphatic heterocycles. The number of aliphatic imine (C=N–C) groups is 1. The van der Waals surface area contributed by atoms with Gasteiger partial charge >= 0.3 is 0 Å². The third-order valence-electron chi connectivity index (χ3n) is 3.83. The van der Waals surface area contributed by atoms with Crippen molar-refractivity contribution in [2.45, 2.75) is 20.0 Å². The van der Waals surface area contributed by atoms with Crippen molar-refractivity contribution in [1.29, 1.82) is 0 Å². The van der Waals surface area contributed by atoms with E-state index in [9.17, 15) is 10.1 Å². The molecule has 0 atom stereocenters. The summed E-state index contributed by atoms with van der Waals surface area (Å²) in [5, 5.41) is 14.0. The Morgan fingerprint density at radius 2 is 1.74 bits per heavy atom. The van der Waals surface area contributed by atoms with Crippen LogP contribution in [0.1, 0.15) is 18.1 Å². The van der Waals surface area contributed by atoms with Gasteiger partial charge in [-0.1, -0.05) is 24.3 Å². The van der Waals surface area contributed by atoms with Crippen molar-refractivity contribution in [3.05, 3.63) is 69.8 Å². The molecule has 0 radical (unpaired) electrons. The molecule has 2 aromatic carbocycles. The molecule has 1 N–H and O–H groups in total. The van der Waals surface area contributed by atoms with E-state index in [0.717, 1.165) is 29.4 Å². The summed E-state index contributed by atoms with van der Waals surface area (Å²) in [6.07, 6.45) is 0. The second kappa shape index (κ2) is 11.4. The molecule has 0 bridgehead atoms. The van der Waals surface area contributed by atoms with Gasteiger partial charge in [0.1, 0.15) is 5.75 Å². The number of benzene rings is 2. The number of hydrogen-bond donors (Lipinski definition) is 1. The van der Waals surface area contributed by atoms with E-state index in [4.69, 9.17) is 4.74 Å². The molecule has 8 heteroatoms. The standard InChI is InChI=1S/C19H24N4O3.HI/c1-4-20-19(21-13-15-5-9-17(10-6-15)23(24)25)22(2)14-16-7-11-18(26-3)12-8-16;/h5-12H,4,13-14H2,1-3H3,(H,20,21);1H. The minimum atomic E-state index is -0.403. The van der Waals surface area contributed by atoms with Crippen LogP contribution in [0.3, 0.4) is 0 Å². The van der Waals surface area contributed by atoms with Crippen molar-refractivity contribution in [1.82, 2.24) is 10.2 Å². The second-order valence-corrected chi connectivity index (χ2v) is 5.80. The Morgan fingerprint density at radius 1 is 1.15 bits per heavy atom. The highest BCUT2D eigenvalue weighted by Crippen LogP contribution is 2.14. The van der Waals surface area contributed by atoms with Gasteiger partial charge in [0.15, 0.2) is 5.96 Å². The number of nitrogens with one attached hydrogen (secondary N) is 1. The van der Waals surface area contributed by atoms with Gasteiger partial charge in [0.25, 0.3) is 5.69 Å². The van der Waals surface area contributed by atoms with Crippen molar-refractivity contribution >= 4 is 35.6 Å². The Morgan fingerprint density at radius 3 is 2.26 bits per heavy atom. The highest BCUT2D eigenvalue weighted by Gasteiger charge is 2.08. The van der Waals surface area contributed by atoms with Crippen LogP contribution in [0.2, 0.25) is 0 Å². The molecule has 0 saturated heterocycles. The molecule has 0 amide bonds. The summed E-state index contributed by atoms with van der Waals surface area (Å²) >= 11 is 0. The maximum atomic E-state index is 10.7. The fraction of sp³-hybridized carbons (Fsp3) is 0.316. The van der Waals surface area contributed by atoms with Crippen LogP contribution in [-0.2, 0) is 13.1 Å². The smallest absolute Gasteiger partial charge is 0.269 e. The maximum Gasteiger partial charge on any atom is 0.269 e. The van der Waals surface area contributed by atoms with Crippen LogP contribution in [-0.4, -0.2) is 36.5 Å². The number of methoxy groups -OCH3 is 1. The van der Waals surface area contributed by atoms with Crippen LogP contribution < -0.4 is 10.1 Å². The molecule has 0 saturated carbocycles. The molecular weight excluding hydrogens is 459 g/mol. The number of hydrogen-bond acceptors (Lipinski definition) is 4. The lowest BCUT2D eigenvalue weighted by atomic mass is 10.2. The summed E-state index contributed by atoms with van der Waals surface area (Å²) in [6.45, 7) is 3.93. The molecule has 0 heterocycles. The van der Waals surface area contributed by atoms with E-state index in [1.165, 1.54) is 12.1 Å². The lowest BCUT2D eigenvalue weighted by molar-refractivity contribution is -0.384. The highest BCUT2D eigenvalue weighted by molar-refractivity contribution is 14.0. The van der Waals surface area contributed by atoms with Crippen LogP contribution in [0, 0.1) is 10.1 Å². The SMILES string of the molecule is CCNC(=NCc1ccc([N+](=O)[O-])cc1)N(C)Cc1ccc(OC)cc1.I. The number of non-ortho nitro benzene ring substituents is 1. The fourth-order valence-corrected chi connectivity index (χ4v) is 2.44. The molecule has 0 unspecified atom stereocenters. The van der Waals surface area contributed by atoms with Gasteiger partial charge in [0.2, 0.25) is 0 Å². The van der Waals surface area contributed by atoms with Crippen LogP contribution in [0.5, 0.6) is 5.75 Å². The van der Waals surface area contributed by atoms with Gasteiger partial charge in [-0.2, -0.15) is 0 Å². The van der Waals surface area contributed by atoms with E-state index in [-0.39, 0.29) is 29.7 Å². The van der Waals surface area contributed by atoms with Gasteiger partial charge in [-0.3, -0.25) is 10.1 Å². The number of nitro benzene ring substituents is 1. The summed E-state index contributed by atoms with van der Waals surface area (Å²) in [5.74, 6) is 1.61. The zero-order valence-corrected chi connectivity index (χ0v) is 18.0. The van der Waals surface area contributed by atoms with Gasteiger partial charge in [0.05, 0.1) is 18.6 Å². The van der Waals surface area contributed by atoms with E-state index in [0.29, 0.717) is 13.1 Å². The predicted octanol–water partition coefficient (Wildman–Crippen LogP) is 3.82. The number of rotatable bonds is 7. The first-order valence-corrected chi connectivity index (χ1v) is 8.39. The lowest BCUT2D eigenvalue weighted by Crippen LogP contribution is -2.38. The van der Waals surface area contributed by atoms with Gasteiger partial charge in [-0.05, 0) is 30.2 Å². The zero-order valence-electron chi connectivity index (χ0n) is 15.7. The van der Waals surface area contributed by atoms with Gasteiger partial charge in [0, 0.05) is 32.3 Å². The quantitative estimate of drug-likeness (QED) is 0.213. The average Bonchev–Trinajstić information content (AvgIpc) is 2.66. The van der Waals surface area contributed by atoms with Crippen molar-refractivity contribution in [2.75, 3.05) is 20.7 Å². The van der Waals surface area contributed by atoms with E-state index in [2.05, 4.69) is 10.3 Å². The zero-order chi connectivity index (χ0) is 18.9. The number of nitrogens with zero attached hydrogens (tertiary/aromatic N) is 3. The molecule has 27 heavy (non-hydrogen) atoms. The van der Waals surface area contributed by atoms with E-state index < -0.39 is 4.92 Å². The van der Waals surface area contributed by atoms with Gasteiger partial charge in [-0.15, -0.1) is 24.0 Å². The van der Waals surface area contributed by atoms with Crippen LogP contribution in [0.15, 0.2) is 53.5 Å². The lowest BCUT2D eigenvalue weighted by Gasteiger charge is -2.22. The summed E-state index contributed by atoms with van der Waals surface area (Å²) in [5.41, 5.74) is 2.15. The van der Waals surface area contributed by atoms with Crippen molar-refractivity contribution in [3.63, 3.8) is 0 Å². The molecule has 0 fully saturated rings. The summed E-state index contributed by atoms with van der Waals surface area (Å²) in [7, 11) is 3.62. The minimum absolute atomic E-state index is 0. The fourth-order valence-electron chi connectivity index (χ4n) is 2.44. The first-order valence-electron chi connectivity index (χ1n) is 8.39. The van der Waals surface area contributed by atoms with Crippen molar-refractivity contribution in [2.24, 2.45) is 4.99 Å². The number of guanidine groups is 1. The minimum Gasteiger partial charge on any atom is -0.497 e. The van der Waals surface area contributed by atoms with Gasteiger partial charge < -0.3 is 15.0 Å². The van der Waals surface area contributed by atoms with E-state index in [1.54, 1.807) is 19.2 Å². The Balaban J connectivity index is 0.00000364. The Kier molecular flexibility index (Phi) is 9.55. The van der Waals surface area contributed by atoms with Crippen molar-refractivity contribution in [3.8, 4) is 5.75 Å². The van der Waals surface area contributed by atoms with E-state index >= 15 is 0 Å². The molecule has 2 aromatic rings. The molecular formula is C19H25IN4O3. The molecule has 0 aromatic heterocycles. The topological polar surface area (TPSA) is 80.0 Å². The highest BCUT2D eigenvalue weighted by atomic mass is 127. The normalized spacial score (nSPS) is 10.7. The molecule has 146 valence electrons. The molecule has 0 aliphatic carbocycles. The average molecular weight is 484 g/mol. The van der Waals surface area contributed by atoms with Gasteiger partial charge in [-0.25, -0.2) is 4.99 Å². The molecule has 0 aliphatic rings. The Labute approximate surface area is 176 Å². The largest absolute Gasteiger partial charge is 0.497 e. The Bertz CT molecular complexity index is 749. The molecule has 2 rings (SSSR count). The number of nitro groups is 1. The summed E-state index contributed by atoms with van der Waals surface area (Å²) < 4.78 is 5.18. The number of halogens is 1. The van der Waals surface area contributed by atoms with Crippen LogP contribution >= 0.6 is 24.0 Å². The number of ether oxygens (including phenoxy) is 1.